The van der Waals surface area contributed by atoms with Crippen molar-refractivity contribution in [1.29, 1.82) is 0 Å². The van der Waals surface area contributed by atoms with Crippen LogP contribution in [0, 0.1) is 5.92 Å². The van der Waals surface area contributed by atoms with Crippen molar-refractivity contribution in [3.05, 3.63) is 0 Å². The Morgan fingerprint density at radius 2 is 2.18 bits per heavy atom. The van der Waals surface area contributed by atoms with Crippen molar-refractivity contribution in [3.63, 3.8) is 0 Å². The quantitative estimate of drug-likeness (QED) is 0.737. The maximum absolute atomic E-state index is 11.8. The van der Waals surface area contributed by atoms with Gasteiger partial charge in [-0.15, -0.1) is 0 Å². The number of hydrogen-bond donors (Lipinski definition) is 1. The lowest BCUT2D eigenvalue weighted by Crippen LogP contribution is -2.45. The van der Waals surface area contributed by atoms with Crippen LogP contribution in [-0.2, 0) is 14.8 Å². The molecule has 100 valence electrons. The van der Waals surface area contributed by atoms with Gasteiger partial charge in [-0.1, -0.05) is 13.3 Å². The minimum Gasteiger partial charge on any atom is -0.356 e. The summed E-state index contributed by atoms with van der Waals surface area (Å²) in [6.45, 7) is 3.62. The van der Waals surface area contributed by atoms with Gasteiger partial charge < -0.3 is 5.32 Å². The van der Waals surface area contributed by atoms with Gasteiger partial charge in [-0.2, -0.15) is 0 Å². The van der Waals surface area contributed by atoms with Gasteiger partial charge in [-0.3, -0.25) is 4.79 Å². The SMILES string of the molecule is CCCCNC(=O)[C@@H]1CCCN(S(C)(=O)=O)C1. The van der Waals surface area contributed by atoms with Gasteiger partial charge in [-0.25, -0.2) is 12.7 Å². The van der Waals surface area contributed by atoms with Crippen molar-refractivity contribution < 1.29 is 13.2 Å². The van der Waals surface area contributed by atoms with Crippen molar-refractivity contribution >= 4 is 15.9 Å². The Morgan fingerprint density at radius 1 is 1.47 bits per heavy atom. The monoisotopic (exact) mass is 262 g/mol. The van der Waals surface area contributed by atoms with Crippen LogP contribution >= 0.6 is 0 Å². The maximum atomic E-state index is 11.8. The molecule has 1 aliphatic rings. The first-order chi connectivity index (χ1) is 7.95. The van der Waals surface area contributed by atoms with Crippen molar-refractivity contribution in [2.75, 3.05) is 25.9 Å². The molecule has 6 heteroatoms. The number of nitrogens with one attached hydrogen (secondary N) is 1. The van der Waals surface area contributed by atoms with E-state index in [9.17, 15) is 13.2 Å². The highest BCUT2D eigenvalue weighted by Crippen LogP contribution is 2.18. The van der Waals surface area contributed by atoms with Gasteiger partial charge in [0.15, 0.2) is 0 Å². The average molecular weight is 262 g/mol. The zero-order valence-corrected chi connectivity index (χ0v) is 11.4. The zero-order valence-electron chi connectivity index (χ0n) is 10.6. The van der Waals surface area contributed by atoms with E-state index in [0.717, 1.165) is 25.7 Å². The van der Waals surface area contributed by atoms with Gasteiger partial charge in [0, 0.05) is 19.6 Å². The first kappa shape index (κ1) is 14.4. The van der Waals surface area contributed by atoms with E-state index in [1.165, 1.54) is 10.6 Å². The minimum absolute atomic E-state index is 0.00759. The smallest absolute Gasteiger partial charge is 0.224 e. The Labute approximate surface area is 104 Å². The van der Waals surface area contributed by atoms with Crippen LogP contribution in [0.2, 0.25) is 0 Å². The number of nitrogens with zero attached hydrogens (tertiary/aromatic N) is 1. The van der Waals surface area contributed by atoms with Crippen LogP contribution < -0.4 is 5.32 Å². The van der Waals surface area contributed by atoms with Gasteiger partial charge in [0.25, 0.3) is 0 Å². The fraction of sp³-hybridized carbons (Fsp3) is 0.909. The zero-order chi connectivity index (χ0) is 12.9. The molecule has 1 aliphatic heterocycles. The van der Waals surface area contributed by atoms with Crippen LogP contribution in [0.15, 0.2) is 0 Å². The molecule has 1 amide bonds. The molecular formula is C11H22N2O3S. The number of carbonyl (C=O) groups excluding carboxylic acids is 1. The lowest BCUT2D eigenvalue weighted by Gasteiger charge is -2.30. The molecule has 1 N–H and O–H groups in total. The van der Waals surface area contributed by atoms with Crippen molar-refractivity contribution in [2.45, 2.75) is 32.6 Å². The number of unbranched alkanes of at least 4 members (excludes halogenated alkanes) is 1. The third kappa shape index (κ3) is 4.63. The second-order valence-electron chi connectivity index (χ2n) is 4.60. The molecular weight excluding hydrogens is 240 g/mol. The lowest BCUT2D eigenvalue weighted by atomic mass is 9.99. The molecule has 5 nitrogen and oxygen atoms in total. The number of sulfonamides is 1. The first-order valence-electron chi connectivity index (χ1n) is 6.18. The van der Waals surface area contributed by atoms with E-state index in [2.05, 4.69) is 12.2 Å². The molecule has 0 spiro atoms. The maximum Gasteiger partial charge on any atom is 0.224 e. The Kier molecular flexibility index (Phi) is 5.39. The molecule has 1 heterocycles. The van der Waals surface area contributed by atoms with Crippen LogP contribution in [-0.4, -0.2) is 44.5 Å². The minimum atomic E-state index is -3.16. The fourth-order valence-corrected chi connectivity index (χ4v) is 2.90. The number of piperidine rings is 1. The number of rotatable bonds is 5. The van der Waals surface area contributed by atoms with E-state index in [4.69, 9.17) is 0 Å². The second kappa shape index (κ2) is 6.35. The molecule has 0 unspecified atom stereocenters. The van der Waals surface area contributed by atoms with Crippen LogP contribution in [0.1, 0.15) is 32.6 Å². The summed E-state index contributed by atoms with van der Waals surface area (Å²) >= 11 is 0. The van der Waals surface area contributed by atoms with Crippen molar-refractivity contribution in [3.8, 4) is 0 Å². The Hall–Kier alpha value is -0.620. The molecule has 1 atom stereocenters. The molecule has 17 heavy (non-hydrogen) atoms. The number of carbonyl (C=O) groups is 1. The van der Waals surface area contributed by atoms with Gasteiger partial charge in [0.2, 0.25) is 15.9 Å². The summed E-state index contributed by atoms with van der Waals surface area (Å²) in [5, 5.41) is 2.86. The van der Waals surface area contributed by atoms with Crippen LogP contribution in [0.4, 0.5) is 0 Å². The third-order valence-electron chi connectivity index (χ3n) is 3.05. The topological polar surface area (TPSA) is 66.5 Å². The van der Waals surface area contributed by atoms with E-state index < -0.39 is 10.0 Å². The molecule has 0 aromatic rings. The molecule has 1 saturated heterocycles. The predicted octanol–water partition coefficient (Wildman–Crippen LogP) is 0.574. The van der Waals surface area contributed by atoms with E-state index in [1.54, 1.807) is 0 Å². The second-order valence-corrected chi connectivity index (χ2v) is 6.59. The summed E-state index contributed by atoms with van der Waals surface area (Å²) in [4.78, 5) is 11.8. The van der Waals surface area contributed by atoms with E-state index >= 15 is 0 Å². The van der Waals surface area contributed by atoms with Crippen LogP contribution in [0.3, 0.4) is 0 Å². The van der Waals surface area contributed by atoms with Gasteiger partial charge in [-0.05, 0) is 19.3 Å². The first-order valence-corrected chi connectivity index (χ1v) is 8.02. The van der Waals surface area contributed by atoms with E-state index in [-0.39, 0.29) is 11.8 Å². The molecule has 1 rings (SSSR count). The Balaban J connectivity index is 2.46. The number of amides is 1. The highest BCUT2D eigenvalue weighted by Gasteiger charge is 2.29. The Morgan fingerprint density at radius 3 is 2.76 bits per heavy atom. The summed E-state index contributed by atoms with van der Waals surface area (Å²) in [6.07, 6.45) is 4.75. The van der Waals surface area contributed by atoms with Crippen molar-refractivity contribution in [2.24, 2.45) is 5.92 Å². The summed E-state index contributed by atoms with van der Waals surface area (Å²) in [5.74, 6) is -0.192. The predicted molar refractivity (Wildman–Crippen MR) is 67.1 cm³/mol. The summed E-state index contributed by atoms with van der Waals surface area (Å²) in [5.41, 5.74) is 0. The third-order valence-corrected chi connectivity index (χ3v) is 4.32. The average Bonchev–Trinajstić information content (AvgIpc) is 2.28. The largest absolute Gasteiger partial charge is 0.356 e. The summed E-state index contributed by atoms with van der Waals surface area (Å²) in [7, 11) is -3.16. The highest BCUT2D eigenvalue weighted by molar-refractivity contribution is 7.88. The highest BCUT2D eigenvalue weighted by atomic mass is 32.2. The molecule has 0 radical (unpaired) electrons. The molecule has 0 aliphatic carbocycles. The molecule has 0 aromatic carbocycles. The summed E-state index contributed by atoms with van der Waals surface area (Å²) < 4.78 is 24.2. The fourth-order valence-electron chi connectivity index (χ4n) is 1.99. The lowest BCUT2D eigenvalue weighted by molar-refractivity contribution is -0.126. The van der Waals surface area contributed by atoms with Crippen LogP contribution in [0.25, 0.3) is 0 Å². The summed E-state index contributed by atoms with van der Waals surface area (Å²) in [6, 6.07) is 0. The van der Waals surface area contributed by atoms with E-state index in [0.29, 0.717) is 19.6 Å². The number of hydrogen-bond acceptors (Lipinski definition) is 3. The van der Waals surface area contributed by atoms with Gasteiger partial charge in [0.05, 0.1) is 12.2 Å². The molecule has 0 aromatic heterocycles. The van der Waals surface area contributed by atoms with Gasteiger partial charge >= 0.3 is 0 Å². The Bertz CT molecular complexity index is 354. The van der Waals surface area contributed by atoms with Gasteiger partial charge in [0.1, 0.15) is 0 Å². The molecule has 1 fully saturated rings. The van der Waals surface area contributed by atoms with E-state index in [1.807, 2.05) is 0 Å². The standard InChI is InChI=1S/C11H22N2O3S/c1-3-4-7-12-11(14)10-6-5-8-13(9-10)17(2,15)16/h10H,3-9H2,1-2H3,(H,12,14)/t10-/m1/s1. The van der Waals surface area contributed by atoms with Crippen LogP contribution in [0.5, 0.6) is 0 Å². The molecule has 0 saturated carbocycles. The normalized spacial score (nSPS) is 22.4. The van der Waals surface area contributed by atoms with Crippen molar-refractivity contribution in [1.82, 2.24) is 9.62 Å². The molecule has 0 bridgehead atoms.